The van der Waals surface area contributed by atoms with Crippen molar-refractivity contribution < 1.29 is 19.1 Å². The molecule has 0 spiro atoms. The van der Waals surface area contributed by atoms with Gasteiger partial charge in [0.25, 0.3) is 5.91 Å². The Bertz CT molecular complexity index is 837. The molecular weight excluding hydrogens is 374 g/mol. The van der Waals surface area contributed by atoms with E-state index in [0.717, 1.165) is 11.3 Å². The highest BCUT2D eigenvalue weighted by molar-refractivity contribution is 7.12. The van der Waals surface area contributed by atoms with E-state index in [-0.39, 0.29) is 17.8 Å². The number of nitrogens with zero attached hydrogens (tertiary/aromatic N) is 1. The zero-order valence-corrected chi connectivity index (χ0v) is 17.5. The molecular formula is C22H27NO4S. The smallest absolute Gasteiger partial charge is 0.309 e. The Balaban J connectivity index is 1.53. The number of thiophene rings is 1. The summed E-state index contributed by atoms with van der Waals surface area (Å²) in [7, 11) is 0. The van der Waals surface area contributed by atoms with Crippen molar-refractivity contribution in [3.05, 3.63) is 51.2 Å². The number of aryl methyl sites for hydroxylation is 2. The predicted molar refractivity (Wildman–Crippen MR) is 110 cm³/mol. The van der Waals surface area contributed by atoms with Gasteiger partial charge in [0.2, 0.25) is 0 Å². The van der Waals surface area contributed by atoms with E-state index < -0.39 is 0 Å². The zero-order valence-electron chi connectivity index (χ0n) is 16.7. The van der Waals surface area contributed by atoms with Gasteiger partial charge in [0.1, 0.15) is 12.4 Å². The van der Waals surface area contributed by atoms with Crippen molar-refractivity contribution in [1.29, 1.82) is 0 Å². The summed E-state index contributed by atoms with van der Waals surface area (Å²) in [6.45, 7) is 7.98. The number of benzene rings is 1. The first kappa shape index (κ1) is 20.4. The summed E-state index contributed by atoms with van der Waals surface area (Å²) in [5.41, 5.74) is 3.43. The quantitative estimate of drug-likeness (QED) is 0.675. The van der Waals surface area contributed by atoms with Gasteiger partial charge in [0.05, 0.1) is 17.4 Å². The monoisotopic (exact) mass is 401 g/mol. The Hall–Kier alpha value is -2.34. The van der Waals surface area contributed by atoms with Gasteiger partial charge in [-0.3, -0.25) is 9.59 Å². The highest BCUT2D eigenvalue weighted by Crippen LogP contribution is 2.24. The minimum Gasteiger partial charge on any atom is -0.489 e. The standard InChI is InChI=1S/C22H27NO4S/c1-4-26-22(25)18-7-9-23(10-8-18)21(24)20-12-17(14-28-20)13-27-19-6-5-15(2)16(3)11-19/h5-6,11-12,14,18H,4,7-10,13H2,1-3H3. The van der Waals surface area contributed by atoms with Crippen LogP contribution >= 0.6 is 11.3 Å². The summed E-state index contributed by atoms with van der Waals surface area (Å²) in [6, 6.07) is 7.95. The molecule has 0 N–H and O–H groups in total. The van der Waals surface area contributed by atoms with E-state index >= 15 is 0 Å². The SMILES string of the molecule is CCOC(=O)C1CCN(C(=O)c2cc(COc3ccc(C)c(C)c3)cs2)CC1. The number of piperidine rings is 1. The highest BCUT2D eigenvalue weighted by Gasteiger charge is 2.29. The fraction of sp³-hybridized carbons (Fsp3) is 0.455. The summed E-state index contributed by atoms with van der Waals surface area (Å²) in [6.07, 6.45) is 1.33. The van der Waals surface area contributed by atoms with Crippen molar-refractivity contribution >= 4 is 23.2 Å². The number of esters is 1. The van der Waals surface area contributed by atoms with Crippen LogP contribution in [-0.4, -0.2) is 36.5 Å². The lowest BCUT2D eigenvalue weighted by atomic mass is 9.97. The largest absolute Gasteiger partial charge is 0.489 e. The van der Waals surface area contributed by atoms with E-state index in [4.69, 9.17) is 9.47 Å². The molecule has 5 nitrogen and oxygen atoms in total. The number of carbonyl (C=O) groups is 2. The maximum atomic E-state index is 12.8. The Labute approximate surface area is 170 Å². The minimum atomic E-state index is -0.142. The summed E-state index contributed by atoms with van der Waals surface area (Å²) in [5.74, 6) is 0.638. The third-order valence-electron chi connectivity index (χ3n) is 5.15. The van der Waals surface area contributed by atoms with Gasteiger partial charge < -0.3 is 14.4 Å². The molecule has 1 fully saturated rings. The van der Waals surface area contributed by atoms with Gasteiger partial charge in [-0.25, -0.2) is 0 Å². The van der Waals surface area contributed by atoms with Crippen LogP contribution in [0.2, 0.25) is 0 Å². The van der Waals surface area contributed by atoms with Crippen molar-refractivity contribution in [2.75, 3.05) is 19.7 Å². The maximum absolute atomic E-state index is 12.8. The van der Waals surface area contributed by atoms with E-state index in [2.05, 4.69) is 13.8 Å². The molecule has 28 heavy (non-hydrogen) atoms. The van der Waals surface area contributed by atoms with Crippen LogP contribution in [0.5, 0.6) is 5.75 Å². The normalized spacial score (nSPS) is 14.8. The van der Waals surface area contributed by atoms with Crippen molar-refractivity contribution in [3.63, 3.8) is 0 Å². The predicted octanol–water partition coefficient (Wildman–Crippen LogP) is 4.36. The first-order chi connectivity index (χ1) is 13.5. The van der Waals surface area contributed by atoms with E-state index in [1.165, 1.54) is 22.5 Å². The zero-order chi connectivity index (χ0) is 20.1. The Kier molecular flexibility index (Phi) is 6.73. The molecule has 0 unspecified atom stereocenters. The Morgan fingerprint density at radius 1 is 1.14 bits per heavy atom. The van der Waals surface area contributed by atoms with Crippen molar-refractivity contribution in [2.24, 2.45) is 5.92 Å². The number of hydrogen-bond donors (Lipinski definition) is 0. The molecule has 1 aromatic heterocycles. The Morgan fingerprint density at radius 2 is 1.89 bits per heavy atom. The molecule has 3 rings (SSSR count). The second-order valence-electron chi connectivity index (χ2n) is 7.17. The molecule has 1 saturated heterocycles. The van der Waals surface area contributed by atoms with Gasteiger partial charge in [-0.2, -0.15) is 0 Å². The number of likely N-dealkylation sites (tertiary alicyclic amines) is 1. The first-order valence-electron chi connectivity index (χ1n) is 9.71. The Morgan fingerprint density at radius 3 is 2.57 bits per heavy atom. The molecule has 2 aromatic rings. The van der Waals surface area contributed by atoms with Crippen LogP contribution in [0.3, 0.4) is 0 Å². The van der Waals surface area contributed by atoms with Gasteiger partial charge in [0.15, 0.2) is 0 Å². The molecule has 0 bridgehead atoms. The summed E-state index contributed by atoms with van der Waals surface area (Å²) in [4.78, 5) is 27.1. The van der Waals surface area contributed by atoms with Crippen molar-refractivity contribution in [3.8, 4) is 5.75 Å². The number of carbonyl (C=O) groups excluding carboxylic acids is 2. The molecule has 0 radical (unpaired) electrons. The lowest BCUT2D eigenvalue weighted by Gasteiger charge is -2.30. The molecule has 1 aliphatic rings. The summed E-state index contributed by atoms with van der Waals surface area (Å²) in [5, 5.41) is 1.97. The molecule has 0 aliphatic carbocycles. The molecule has 2 heterocycles. The molecule has 150 valence electrons. The highest BCUT2D eigenvalue weighted by atomic mass is 32.1. The van der Waals surface area contributed by atoms with Gasteiger partial charge in [-0.1, -0.05) is 6.07 Å². The van der Waals surface area contributed by atoms with E-state index in [0.29, 0.717) is 44.0 Å². The first-order valence-corrected chi connectivity index (χ1v) is 10.6. The van der Waals surface area contributed by atoms with Gasteiger partial charge in [-0.05, 0) is 68.3 Å². The minimum absolute atomic E-state index is 0.0322. The maximum Gasteiger partial charge on any atom is 0.309 e. The molecule has 1 amide bonds. The van der Waals surface area contributed by atoms with Crippen LogP contribution in [0, 0.1) is 19.8 Å². The molecule has 6 heteroatoms. The van der Waals surface area contributed by atoms with E-state index in [9.17, 15) is 9.59 Å². The average Bonchev–Trinajstić information content (AvgIpc) is 3.18. The van der Waals surface area contributed by atoms with Gasteiger partial charge >= 0.3 is 5.97 Å². The third kappa shape index (κ3) is 4.93. The molecule has 1 aliphatic heterocycles. The van der Waals surface area contributed by atoms with E-state index in [1.807, 2.05) is 41.5 Å². The number of rotatable bonds is 6. The molecule has 1 aromatic carbocycles. The topological polar surface area (TPSA) is 55.8 Å². The van der Waals surface area contributed by atoms with Crippen LogP contribution in [0.25, 0.3) is 0 Å². The second kappa shape index (κ2) is 9.24. The van der Waals surface area contributed by atoms with Crippen LogP contribution < -0.4 is 4.74 Å². The fourth-order valence-corrected chi connectivity index (χ4v) is 4.13. The van der Waals surface area contributed by atoms with Crippen molar-refractivity contribution in [1.82, 2.24) is 4.90 Å². The average molecular weight is 402 g/mol. The number of hydrogen-bond acceptors (Lipinski definition) is 5. The number of ether oxygens (including phenoxy) is 2. The third-order valence-corrected chi connectivity index (χ3v) is 6.12. The molecule has 0 atom stereocenters. The number of amides is 1. The summed E-state index contributed by atoms with van der Waals surface area (Å²) < 4.78 is 10.9. The lowest BCUT2D eigenvalue weighted by molar-refractivity contribution is -0.149. The van der Waals surface area contributed by atoms with Crippen LogP contribution in [0.15, 0.2) is 29.6 Å². The lowest BCUT2D eigenvalue weighted by Crippen LogP contribution is -2.40. The summed E-state index contributed by atoms with van der Waals surface area (Å²) >= 11 is 1.44. The van der Waals surface area contributed by atoms with Crippen molar-refractivity contribution in [2.45, 2.75) is 40.2 Å². The van der Waals surface area contributed by atoms with Gasteiger partial charge in [0, 0.05) is 18.7 Å². The second-order valence-corrected chi connectivity index (χ2v) is 8.08. The van der Waals surface area contributed by atoms with Crippen LogP contribution in [-0.2, 0) is 16.1 Å². The molecule has 0 saturated carbocycles. The van der Waals surface area contributed by atoms with E-state index in [1.54, 1.807) is 0 Å². The fourth-order valence-electron chi connectivity index (χ4n) is 3.27. The van der Waals surface area contributed by atoms with Crippen LogP contribution in [0.4, 0.5) is 0 Å². The van der Waals surface area contributed by atoms with Crippen LogP contribution in [0.1, 0.15) is 46.1 Å². The van der Waals surface area contributed by atoms with Gasteiger partial charge in [-0.15, -0.1) is 11.3 Å².